The monoisotopic (exact) mass is 302 g/mol. The number of benzene rings is 2. The van der Waals surface area contributed by atoms with Gasteiger partial charge in [-0.1, -0.05) is 45.8 Å². The van der Waals surface area contributed by atoms with Crippen molar-refractivity contribution in [3.63, 3.8) is 0 Å². The molecule has 2 nitrogen and oxygen atoms in total. The van der Waals surface area contributed by atoms with E-state index in [1.807, 2.05) is 31.2 Å². The first-order valence-corrected chi connectivity index (χ1v) is 6.57. The van der Waals surface area contributed by atoms with Crippen molar-refractivity contribution in [2.75, 3.05) is 5.43 Å². The molecule has 0 aliphatic carbocycles. The Morgan fingerprint density at radius 3 is 2.22 bits per heavy atom. The second-order valence-corrected chi connectivity index (χ2v) is 5.10. The first-order valence-electron chi connectivity index (χ1n) is 5.78. The van der Waals surface area contributed by atoms with Gasteiger partial charge in [-0.15, -0.1) is 0 Å². The molecule has 18 heavy (non-hydrogen) atoms. The van der Waals surface area contributed by atoms with Gasteiger partial charge in [0.15, 0.2) is 0 Å². The van der Waals surface area contributed by atoms with Crippen LogP contribution in [0.1, 0.15) is 18.1 Å². The average Bonchev–Trinajstić information content (AvgIpc) is 2.38. The van der Waals surface area contributed by atoms with E-state index in [0.29, 0.717) is 0 Å². The van der Waals surface area contributed by atoms with Crippen LogP contribution in [0, 0.1) is 6.92 Å². The smallest absolute Gasteiger partial charge is 0.0648 e. The molecule has 2 rings (SSSR count). The van der Waals surface area contributed by atoms with E-state index in [2.05, 4.69) is 57.6 Å². The Bertz CT molecular complexity index is 542. The Hall–Kier alpha value is -1.61. The van der Waals surface area contributed by atoms with Crippen molar-refractivity contribution >= 4 is 27.3 Å². The third-order valence-electron chi connectivity index (χ3n) is 2.67. The van der Waals surface area contributed by atoms with E-state index in [4.69, 9.17) is 0 Å². The maximum absolute atomic E-state index is 4.38. The fourth-order valence-corrected chi connectivity index (χ4v) is 1.80. The van der Waals surface area contributed by atoms with E-state index >= 15 is 0 Å². The van der Waals surface area contributed by atoms with Crippen molar-refractivity contribution in [3.05, 3.63) is 64.1 Å². The Balaban J connectivity index is 2.09. The molecule has 0 aromatic heterocycles. The summed E-state index contributed by atoms with van der Waals surface area (Å²) in [4.78, 5) is 0. The zero-order chi connectivity index (χ0) is 13.0. The van der Waals surface area contributed by atoms with Crippen LogP contribution in [0.25, 0.3) is 0 Å². The zero-order valence-corrected chi connectivity index (χ0v) is 12.0. The van der Waals surface area contributed by atoms with Crippen molar-refractivity contribution in [2.45, 2.75) is 13.8 Å². The molecule has 0 saturated heterocycles. The van der Waals surface area contributed by atoms with Crippen molar-refractivity contribution < 1.29 is 0 Å². The predicted octanol–water partition coefficient (Wildman–Crippen LogP) is 4.59. The molecule has 0 aliphatic rings. The molecule has 0 unspecified atom stereocenters. The van der Waals surface area contributed by atoms with E-state index in [1.54, 1.807) is 0 Å². The fraction of sp³-hybridized carbons (Fsp3) is 0.133. The molecule has 0 spiro atoms. The van der Waals surface area contributed by atoms with Gasteiger partial charge in [0.25, 0.3) is 0 Å². The predicted molar refractivity (Wildman–Crippen MR) is 81.2 cm³/mol. The summed E-state index contributed by atoms with van der Waals surface area (Å²) in [5.41, 5.74) is 7.39. The van der Waals surface area contributed by atoms with Crippen LogP contribution in [0.5, 0.6) is 0 Å². The lowest BCUT2D eigenvalue weighted by Gasteiger charge is -2.04. The van der Waals surface area contributed by atoms with Crippen LogP contribution < -0.4 is 5.43 Å². The standard InChI is InChI=1S/C15H15BrN2/c1-11-3-5-13(6-4-11)12(2)17-18-15-9-7-14(16)8-10-15/h3-10,18H,1-2H3/b17-12-. The molecule has 3 heteroatoms. The molecule has 0 amide bonds. The molecule has 0 fully saturated rings. The second kappa shape index (κ2) is 5.83. The SMILES string of the molecule is C/C(=N/Nc1ccc(Br)cc1)c1ccc(C)cc1. The van der Waals surface area contributed by atoms with Gasteiger partial charge in [-0.25, -0.2) is 0 Å². The van der Waals surface area contributed by atoms with Crippen molar-refractivity contribution in [3.8, 4) is 0 Å². The summed E-state index contributed by atoms with van der Waals surface area (Å²) < 4.78 is 1.06. The summed E-state index contributed by atoms with van der Waals surface area (Å²) in [5, 5.41) is 4.38. The van der Waals surface area contributed by atoms with Gasteiger partial charge in [0.2, 0.25) is 0 Å². The normalized spacial score (nSPS) is 11.4. The van der Waals surface area contributed by atoms with Gasteiger partial charge in [0.05, 0.1) is 11.4 Å². The highest BCUT2D eigenvalue weighted by atomic mass is 79.9. The number of nitrogens with zero attached hydrogens (tertiary/aromatic N) is 1. The van der Waals surface area contributed by atoms with Gasteiger partial charge in [-0.05, 0) is 43.7 Å². The number of hydrogen-bond donors (Lipinski definition) is 1. The summed E-state index contributed by atoms with van der Waals surface area (Å²) in [5.74, 6) is 0. The third-order valence-corrected chi connectivity index (χ3v) is 3.19. The van der Waals surface area contributed by atoms with Gasteiger partial charge < -0.3 is 0 Å². The van der Waals surface area contributed by atoms with Gasteiger partial charge in [-0.2, -0.15) is 5.10 Å². The van der Waals surface area contributed by atoms with E-state index < -0.39 is 0 Å². The molecule has 1 N–H and O–H groups in total. The minimum Gasteiger partial charge on any atom is -0.278 e. The molecule has 92 valence electrons. The third kappa shape index (κ3) is 3.44. The Morgan fingerprint density at radius 1 is 1.00 bits per heavy atom. The molecule has 0 radical (unpaired) electrons. The van der Waals surface area contributed by atoms with Gasteiger partial charge in [0, 0.05) is 4.47 Å². The van der Waals surface area contributed by atoms with E-state index in [9.17, 15) is 0 Å². The number of nitrogens with one attached hydrogen (secondary N) is 1. The Morgan fingerprint density at radius 2 is 1.61 bits per heavy atom. The molecular weight excluding hydrogens is 288 g/mol. The topological polar surface area (TPSA) is 24.4 Å². The van der Waals surface area contributed by atoms with Crippen LogP contribution in [0.4, 0.5) is 5.69 Å². The lowest BCUT2D eigenvalue weighted by molar-refractivity contribution is 1.32. The summed E-state index contributed by atoms with van der Waals surface area (Å²) in [6.45, 7) is 4.08. The molecule has 0 aliphatic heterocycles. The molecule has 0 heterocycles. The highest BCUT2D eigenvalue weighted by molar-refractivity contribution is 9.10. The number of rotatable bonds is 3. The van der Waals surface area contributed by atoms with Crippen LogP contribution in [0.15, 0.2) is 58.1 Å². The van der Waals surface area contributed by atoms with Crippen molar-refractivity contribution in [2.24, 2.45) is 5.10 Å². The van der Waals surface area contributed by atoms with E-state index in [1.165, 1.54) is 5.56 Å². The number of hydrogen-bond acceptors (Lipinski definition) is 2. The number of anilines is 1. The fourth-order valence-electron chi connectivity index (χ4n) is 1.53. The lowest BCUT2D eigenvalue weighted by atomic mass is 10.1. The van der Waals surface area contributed by atoms with Crippen LogP contribution in [0.3, 0.4) is 0 Å². The lowest BCUT2D eigenvalue weighted by Crippen LogP contribution is -1.99. The van der Waals surface area contributed by atoms with Gasteiger partial charge >= 0.3 is 0 Å². The van der Waals surface area contributed by atoms with Gasteiger partial charge in [0.1, 0.15) is 0 Å². The maximum Gasteiger partial charge on any atom is 0.0648 e. The molecule has 2 aromatic carbocycles. The van der Waals surface area contributed by atoms with Crippen LogP contribution in [-0.4, -0.2) is 5.71 Å². The van der Waals surface area contributed by atoms with Crippen molar-refractivity contribution in [1.82, 2.24) is 0 Å². The summed E-state index contributed by atoms with van der Waals surface area (Å²) in [6.07, 6.45) is 0. The first-order chi connectivity index (χ1) is 8.65. The molecule has 2 aromatic rings. The molecule has 0 saturated carbocycles. The highest BCUT2D eigenvalue weighted by Gasteiger charge is 1.97. The average molecular weight is 303 g/mol. The maximum atomic E-state index is 4.38. The van der Waals surface area contributed by atoms with E-state index in [0.717, 1.165) is 21.4 Å². The van der Waals surface area contributed by atoms with Crippen LogP contribution in [0.2, 0.25) is 0 Å². The second-order valence-electron chi connectivity index (χ2n) is 4.18. The summed E-state index contributed by atoms with van der Waals surface area (Å²) >= 11 is 3.41. The van der Waals surface area contributed by atoms with Gasteiger partial charge in [-0.3, -0.25) is 5.43 Å². The number of aryl methyl sites for hydroxylation is 1. The van der Waals surface area contributed by atoms with Crippen molar-refractivity contribution in [1.29, 1.82) is 0 Å². The molecule has 0 bridgehead atoms. The zero-order valence-electron chi connectivity index (χ0n) is 10.4. The highest BCUT2D eigenvalue weighted by Crippen LogP contribution is 2.14. The first kappa shape index (κ1) is 12.8. The Labute approximate surface area is 116 Å². The number of halogens is 1. The van der Waals surface area contributed by atoms with Crippen LogP contribution >= 0.6 is 15.9 Å². The molecule has 0 atom stereocenters. The Kier molecular flexibility index (Phi) is 4.15. The van der Waals surface area contributed by atoms with Crippen LogP contribution in [-0.2, 0) is 0 Å². The summed E-state index contributed by atoms with van der Waals surface area (Å²) in [6, 6.07) is 16.3. The molecular formula is C15H15BrN2. The summed E-state index contributed by atoms with van der Waals surface area (Å²) in [7, 11) is 0. The minimum absolute atomic E-state index is 0.970. The quantitative estimate of drug-likeness (QED) is 0.650. The number of hydrazone groups is 1. The minimum atomic E-state index is 0.970. The largest absolute Gasteiger partial charge is 0.278 e. The van der Waals surface area contributed by atoms with E-state index in [-0.39, 0.29) is 0 Å².